The van der Waals surface area contributed by atoms with Gasteiger partial charge in [-0.05, 0) is 58.5 Å². The molecule has 49 heavy (non-hydrogen) atoms. The Balaban J connectivity index is 0.000000614. The number of carbonyl (C=O) groups is 2. The number of benzene rings is 3. The summed E-state index contributed by atoms with van der Waals surface area (Å²) in [6, 6.07) is 18.9. The first-order chi connectivity index (χ1) is 22.5. The second-order valence-corrected chi connectivity index (χ2v) is 11.1. The number of hydrogen-bond acceptors (Lipinski definition) is 8. The summed E-state index contributed by atoms with van der Waals surface area (Å²) in [6.45, 7) is 0. The molecule has 0 bridgehead atoms. The van der Waals surface area contributed by atoms with Gasteiger partial charge < -0.3 is 40.5 Å². The topological polar surface area (TPSA) is 192 Å². The molecule has 5 aromatic rings. The maximum atomic E-state index is 15.6. The maximum absolute atomic E-state index is 15.6. The molecule has 246 valence electrons. The predicted molar refractivity (Wildman–Crippen MR) is 175 cm³/mol. The van der Waals surface area contributed by atoms with Crippen molar-refractivity contribution in [3.8, 4) is 34.1 Å². The van der Waals surface area contributed by atoms with Crippen LogP contribution in [0.25, 0.3) is 44.8 Å². The van der Waals surface area contributed by atoms with Crippen LogP contribution in [-0.4, -0.2) is 58.4 Å². The van der Waals surface area contributed by atoms with Crippen molar-refractivity contribution >= 4 is 63.6 Å². The summed E-state index contributed by atoms with van der Waals surface area (Å²) < 4.78 is 38.8. The van der Waals surface area contributed by atoms with E-state index in [1.54, 1.807) is 30.3 Å². The van der Waals surface area contributed by atoms with Crippen molar-refractivity contribution in [2.24, 2.45) is 0 Å². The van der Waals surface area contributed by atoms with Gasteiger partial charge in [0.15, 0.2) is 0 Å². The largest absolute Gasteiger partial charge is 2.00 e. The molecule has 12 nitrogen and oxygen atoms in total. The average molecular weight is 776 g/mol. The molecule has 2 aromatic heterocycles. The fourth-order valence-electron chi connectivity index (χ4n) is 4.41. The summed E-state index contributed by atoms with van der Waals surface area (Å²) >= 11 is 0. The van der Waals surface area contributed by atoms with Crippen LogP contribution in [0, 0.1) is 11.8 Å². The molecule has 18 heteroatoms. The molecule has 2 radical (unpaired) electrons. The monoisotopic (exact) mass is 776 g/mol. The number of nitrogens with one attached hydrogen (secondary N) is 4. The van der Waals surface area contributed by atoms with Gasteiger partial charge in [0.25, 0.3) is 5.92 Å². The number of aromatic amines is 2. The minimum Gasteiger partial charge on any atom is -0.632 e. The number of alkyl halides is 2. The van der Waals surface area contributed by atoms with E-state index in [1.807, 2.05) is 24.2 Å². The van der Waals surface area contributed by atoms with Gasteiger partial charge in [0.2, 0.25) is 12.2 Å². The zero-order valence-electron chi connectivity index (χ0n) is 25.3. The molecule has 1 aliphatic carbocycles. The van der Waals surface area contributed by atoms with Gasteiger partial charge in [-0.3, -0.25) is 9.59 Å². The van der Waals surface area contributed by atoms with Crippen LogP contribution in [0.3, 0.4) is 0 Å². The number of imidazole rings is 2. The Labute approximate surface area is 305 Å². The third-order valence-corrected chi connectivity index (χ3v) is 7.62. The molecule has 0 aliphatic heterocycles. The van der Waals surface area contributed by atoms with Gasteiger partial charge in [0.05, 0.1) is 42.6 Å². The summed E-state index contributed by atoms with van der Waals surface area (Å²) in [5.74, 6) is 2.57. The fraction of sp³-hybridized carbons (Fsp3) is 0.0968. The van der Waals surface area contributed by atoms with Gasteiger partial charge in [-0.2, -0.15) is 25.9 Å². The second kappa shape index (κ2) is 18.4. The molecule has 0 saturated heterocycles. The van der Waals surface area contributed by atoms with Crippen LogP contribution in [0.5, 0.6) is 0 Å². The van der Waals surface area contributed by atoms with E-state index in [-0.39, 0.29) is 65.4 Å². The van der Waals surface area contributed by atoms with E-state index in [2.05, 4.69) is 41.3 Å². The van der Waals surface area contributed by atoms with Crippen LogP contribution in [0.2, 0.25) is 0 Å². The van der Waals surface area contributed by atoms with Crippen molar-refractivity contribution in [3.63, 3.8) is 0 Å². The third-order valence-electron chi connectivity index (χ3n) is 6.45. The summed E-state index contributed by atoms with van der Waals surface area (Å²) in [7, 11) is 1.91. The number of aromatic nitrogens is 4. The van der Waals surface area contributed by atoms with Crippen molar-refractivity contribution in [1.82, 2.24) is 19.9 Å². The molecule has 1 aliphatic rings. The fourth-order valence-corrected chi connectivity index (χ4v) is 5.31. The summed E-state index contributed by atoms with van der Waals surface area (Å²) in [4.78, 5) is 54.1. The molecule has 0 spiro atoms. The number of carbonyl (C=O) groups excluding carboxylic acids is 4. The van der Waals surface area contributed by atoms with E-state index in [4.69, 9.17) is 11.5 Å². The number of fused-ring (bicyclic) bond motifs is 4. The van der Waals surface area contributed by atoms with Crippen LogP contribution in [-0.2, 0) is 62.1 Å². The van der Waals surface area contributed by atoms with Crippen LogP contribution >= 0.6 is 17.2 Å². The number of methoxy groups -OCH3 is 2. The van der Waals surface area contributed by atoms with Crippen LogP contribution in [0.1, 0.15) is 22.4 Å². The average Bonchev–Trinajstić information content (AvgIpc) is 3.75. The maximum Gasteiger partial charge on any atom is 2.00 e. The Hall–Kier alpha value is -4.33. The first-order valence-corrected chi connectivity index (χ1v) is 15.1. The minimum absolute atomic E-state index is 0. The van der Waals surface area contributed by atoms with Crippen molar-refractivity contribution in [2.75, 3.05) is 14.2 Å². The molecule has 2 amide bonds. The first-order valence-electron chi connectivity index (χ1n) is 13.1. The number of hydrogen-bond donors (Lipinski definition) is 2. The van der Waals surface area contributed by atoms with Crippen LogP contribution in [0.15, 0.2) is 60.8 Å². The molecule has 0 fully saturated rings. The van der Waals surface area contributed by atoms with Gasteiger partial charge in [-0.15, -0.1) is 0 Å². The minimum atomic E-state index is -3.19. The smallest absolute Gasteiger partial charge is 0.632 e. The van der Waals surface area contributed by atoms with Crippen molar-refractivity contribution in [1.29, 1.82) is 0 Å². The molecule has 2 heterocycles. The number of halogens is 2. The quantitative estimate of drug-likeness (QED) is 0.127. The number of rotatable bonds is 5. The van der Waals surface area contributed by atoms with Crippen LogP contribution in [0.4, 0.5) is 18.4 Å². The van der Waals surface area contributed by atoms with Gasteiger partial charge >= 0.3 is 37.1 Å². The molecule has 3 aromatic carbocycles. The van der Waals surface area contributed by atoms with E-state index >= 15 is 8.78 Å². The molecule has 4 N–H and O–H groups in total. The standard InChI is InChI=1S/C27H14F2N4O2P2.2C2H5NO2.2V/c28-27(29)21-9-15(1-5-18-12-30-25(31-18)36-13-34)2-6-19(21)20-7-3-16(10-22(20)27)17-4-8-23-24(11-17)33-26(32-23)37-14-35;2*1-5-2(3)4;;/h2-4,6-12,36-37H,(H,30,31)(H,32,33);2*1H3,(H2,3,4);;/q-2;;;2*+2/p-2. The van der Waals surface area contributed by atoms with Gasteiger partial charge in [0.1, 0.15) is 5.69 Å². The van der Waals surface area contributed by atoms with Crippen molar-refractivity contribution in [3.05, 3.63) is 94.6 Å². The normalized spacial score (nSPS) is 11.7. The second-order valence-electron chi connectivity index (χ2n) is 9.25. The molecule has 6 rings (SSSR count). The summed E-state index contributed by atoms with van der Waals surface area (Å²) in [5, 5.41) is 0. The predicted octanol–water partition coefficient (Wildman–Crippen LogP) is 5.82. The molecule has 0 saturated carbocycles. The Morgan fingerprint density at radius 2 is 1.37 bits per heavy atom. The van der Waals surface area contributed by atoms with E-state index in [1.165, 1.54) is 18.3 Å². The van der Waals surface area contributed by atoms with Crippen LogP contribution < -0.4 is 11.1 Å². The van der Waals surface area contributed by atoms with E-state index in [0.29, 0.717) is 44.6 Å². The molecular weight excluding hydrogens is 754 g/mol. The molecule has 2 unspecified atom stereocenters. The van der Waals surface area contributed by atoms with Gasteiger partial charge in [0, 0.05) is 16.7 Å². The number of ether oxygens (including phenoxy) is 2. The van der Waals surface area contributed by atoms with E-state index in [9.17, 15) is 19.2 Å². The van der Waals surface area contributed by atoms with Gasteiger partial charge in [-0.1, -0.05) is 30.2 Å². The van der Waals surface area contributed by atoms with Gasteiger partial charge in [-0.25, -0.2) is 22.0 Å². The zero-order chi connectivity index (χ0) is 34.1. The Bertz CT molecular complexity index is 2030. The summed E-state index contributed by atoms with van der Waals surface area (Å²) in [5.41, 5.74) is 17.5. The molecular formula is C31H22F2N6O6P2V2. The van der Waals surface area contributed by atoms with E-state index in [0.717, 1.165) is 25.3 Å². The zero-order valence-corrected chi connectivity index (χ0v) is 30.1. The Kier molecular flexibility index (Phi) is 15.4. The molecule has 2 atom stereocenters. The SMILES string of the molecule is COC([NH-])=O.COC([NH-])=O.O=[C-]Pc1ncc(C#Cc2ccc3c(c2)C(F)(F)c2cc(-c4ccc5nc(P[C-]=O)[nH]c5c4)ccc2-3)[nH]1.[V+2].[V+2]. The number of amides is 2. The summed E-state index contributed by atoms with van der Waals surface area (Å²) in [6.07, 6.45) is -0.496. The Morgan fingerprint density at radius 1 is 0.816 bits per heavy atom. The van der Waals surface area contributed by atoms with E-state index < -0.39 is 18.1 Å². The first kappa shape index (κ1) is 40.8. The number of H-pyrrole nitrogens is 2. The van der Waals surface area contributed by atoms with Crippen molar-refractivity contribution < 1.29 is 74.5 Å². The van der Waals surface area contributed by atoms with Crippen molar-refractivity contribution in [2.45, 2.75) is 5.92 Å². The third kappa shape index (κ3) is 10.1. The Morgan fingerprint density at radius 3 is 1.98 bits per heavy atom. The number of nitrogens with zero attached hydrogens (tertiary/aromatic N) is 2.